The van der Waals surface area contributed by atoms with Crippen molar-refractivity contribution in [3.63, 3.8) is 0 Å². The fourth-order valence-corrected chi connectivity index (χ4v) is 2.64. The number of fused-ring (bicyclic) bond motifs is 1. The number of aromatic nitrogens is 1. The highest BCUT2D eigenvalue weighted by Crippen LogP contribution is 2.24. The molecule has 0 aliphatic carbocycles. The molecule has 6 heteroatoms. The third-order valence-electron chi connectivity index (χ3n) is 3.39. The van der Waals surface area contributed by atoms with Crippen LogP contribution in [0, 0.1) is 5.82 Å². The van der Waals surface area contributed by atoms with Gasteiger partial charge in [0.2, 0.25) is 0 Å². The number of nitrogens with one attached hydrogen (secondary N) is 1. The zero-order valence-corrected chi connectivity index (χ0v) is 10.9. The van der Waals surface area contributed by atoms with Gasteiger partial charge in [-0.15, -0.1) is 0 Å². The molecule has 1 amide bonds. The molecule has 0 unspecified atom stereocenters. The van der Waals surface area contributed by atoms with Crippen LogP contribution >= 0.6 is 11.6 Å². The van der Waals surface area contributed by atoms with Crippen LogP contribution in [0.5, 0.6) is 0 Å². The molecule has 100 valence electrons. The zero-order chi connectivity index (χ0) is 13.6. The molecule has 1 aliphatic rings. The predicted molar refractivity (Wildman–Crippen MR) is 71.8 cm³/mol. The average Bonchev–Trinajstić information content (AvgIpc) is 2.94. The van der Waals surface area contributed by atoms with Gasteiger partial charge in [-0.25, -0.2) is 4.39 Å². The van der Waals surface area contributed by atoms with Crippen LogP contribution in [0.15, 0.2) is 18.2 Å². The van der Waals surface area contributed by atoms with Gasteiger partial charge in [-0.3, -0.25) is 4.79 Å². The molecular weight excluding hydrogens is 269 g/mol. The zero-order valence-electron chi connectivity index (χ0n) is 10.1. The molecule has 0 radical (unpaired) electrons. The topological polar surface area (TPSA) is 62.1 Å². The second-order valence-electron chi connectivity index (χ2n) is 4.83. The third-order valence-corrected chi connectivity index (χ3v) is 3.61. The van der Waals surface area contributed by atoms with Crippen LogP contribution < -0.4 is 5.73 Å². The summed E-state index contributed by atoms with van der Waals surface area (Å²) in [5, 5.41) is 0.906. The van der Waals surface area contributed by atoms with Crippen LogP contribution in [0.1, 0.15) is 16.9 Å². The smallest absolute Gasteiger partial charge is 0.270 e. The highest BCUT2D eigenvalue weighted by molar-refractivity contribution is 6.31. The van der Waals surface area contributed by atoms with E-state index in [1.807, 2.05) is 0 Å². The summed E-state index contributed by atoms with van der Waals surface area (Å²) < 4.78 is 13.7. The van der Waals surface area contributed by atoms with E-state index in [1.54, 1.807) is 17.0 Å². The largest absolute Gasteiger partial charge is 0.348 e. The average molecular weight is 282 g/mol. The summed E-state index contributed by atoms with van der Waals surface area (Å²) in [7, 11) is 0. The van der Waals surface area contributed by atoms with Gasteiger partial charge in [0.05, 0.1) is 5.52 Å². The molecule has 0 saturated carbocycles. The standard InChI is InChI=1S/C13H13ClFN3O/c14-8-3-7-4-11(17-12(7)10(15)5-8)13(19)18-2-1-9(16)6-18/h3-5,9,17H,1-2,6,16H2/t9-/m1/s1. The first kappa shape index (κ1) is 12.4. The Hall–Kier alpha value is -1.59. The second kappa shape index (κ2) is 4.51. The van der Waals surface area contributed by atoms with Crippen molar-refractivity contribution in [3.8, 4) is 0 Å². The van der Waals surface area contributed by atoms with Crippen LogP contribution in [0.2, 0.25) is 5.02 Å². The highest BCUT2D eigenvalue weighted by Gasteiger charge is 2.25. The van der Waals surface area contributed by atoms with Crippen LogP contribution in [0.4, 0.5) is 4.39 Å². The number of aromatic amines is 1. The first-order chi connectivity index (χ1) is 9.04. The summed E-state index contributed by atoms with van der Waals surface area (Å²) >= 11 is 5.79. The molecule has 3 rings (SSSR count). The highest BCUT2D eigenvalue weighted by atomic mass is 35.5. The van der Waals surface area contributed by atoms with Gasteiger partial charge in [-0.2, -0.15) is 0 Å². The molecule has 2 heterocycles. The maximum atomic E-state index is 13.7. The van der Waals surface area contributed by atoms with Gasteiger partial charge in [-0.1, -0.05) is 11.6 Å². The number of hydrogen-bond donors (Lipinski definition) is 2. The van der Waals surface area contributed by atoms with Crippen molar-refractivity contribution in [2.75, 3.05) is 13.1 Å². The molecule has 1 aromatic carbocycles. The molecule has 0 spiro atoms. The summed E-state index contributed by atoms with van der Waals surface area (Å²) in [6.07, 6.45) is 0.798. The minimum atomic E-state index is -0.459. The lowest BCUT2D eigenvalue weighted by Crippen LogP contribution is -2.32. The summed E-state index contributed by atoms with van der Waals surface area (Å²) in [5.74, 6) is -0.612. The predicted octanol–water partition coefficient (Wildman–Crippen LogP) is 2.13. The van der Waals surface area contributed by atoms with Crippen LogP contribution in [-0.4, -0.2) is 34.9 Å². The fraction of sp³-hybridized carbons (Fsp3) is 0.308. The number of rotatable bonds is 1. The van der Waals surface area contributed by atoms with Crippen LogP contribution in [0.3, 0.4) is 0 Å². The Labute approximate surface area is 114 Å². The first-order valence-electron chi connectivity index (χ1n) is 6.07. The molecule has 2 aromatic rings. The Kier molecular flexibility index (Phi) is 2.95. The van der Waals surface area contributed by atoms with E-state index in [-0.39, 0.29) is 11.9 Å². The van der Waals surface area contributed by atoms with E-state index in [2.05, 4.69) is 4.98 Å². The normalized spacial score (nSPS) is 19.3. The third kappa shape index (κ3) is 2.19. The number of H-pyrrole nitrogens is 1. The minimum absolute atomic E-state index is 0.0273. The van der Waals surface area contributed by atoms with E-state index in [0.717, 1.165) is 6.42 Å². The monoisotopic (exact) mass is 281 g/mol. The Balaban J connectivity index is 1.97. The lowest BCUT2D eigenvalue weighted by molar-refractivity contribution is 0.0786. The van der Waals surface area contributed by atoms with E-state index >= 15 is 0 Å². The molecular formula is C13H13ClFN3O. The Bertz CT molecular complexity index is 655. The number of amides is 1. The number of nitrogens with two attached hydrogens (primary N) is 1. The lowest BCUT2D eigenvalue weighted by atomic mass is 10.2. The second-order valence-corrected chi connectivity index (χ2v) is 5.27. The maximum Gasteiger partial charge on any atom is 0.270 e. The van der Waals surface area contributed by atoms with Crippen molar-refractivity contribution < 1.29 is 9.18 Å². The molecule has 3 N–H and O–H groups in total. The maximum absolute atomic E-state index is 13.7. The number of benzene rings is 1. The van der Waals surface area contributed by atoms with Crippen molar-refractivity contribution >= 4 is 28.4 Å². The van der Waals surface area contributed by atoms with Crippen molar-refractivity contribution in [2.45, 2.75) is 12.5 Å². The number of nitrogens with zero attached hydrogens (tertiary/aromatic N) is 1. The van der Waals surface area contributed by atoms with E-state index in [0.29, 0.717) is 34.7 Å². The number of likely N-dealkylation sites (tertiary alicyclic amines) is 1. The Morgan fingerprint density at radius 1 is 1.47 bits per heavy atom. The Morgan fingerprint density at radius 2 is 2.26 bits per heavy atom. The van der Waals surface area contributed by atoms with Gasteiger partial charge in [0, 0.05) is 29.5 Å². The van der Waals surface area contributed by atoms with E-state index in [1.165, 1.54) is 6.07 Å². The molecule has 1 aromatic heterocycles. The number of halogens is 2. The molecule has 1 atom stereocenters. The van der Waals surface area contributed by atoms with Gasteiger partial charge in [-0.05, 0) is 24.6 Å². The molecule has 0 bridgehead atoms. The van der Waals surface area contributed by atoms with Crippen molar-refractivity contribution in [1.82, 2.24) is 9.88 Å². The lowest BCUT2D eigenvalue weighted by Gasteiger charge is -2.14. The molecule has 1 saturated heterocycles. The summed E-state index contributed by atoms with van der Waals surface area (Å²) in [4.78, 5) is 16.7. The van der Waals surface area contributed by atoms with Crippen molar-refractivity contribution in [3.05, 3.63) is 34.7 Å². The van der Waals surface area contributed by atoms with Gasteiger partial charge in [0.25, 0.3) is 5.91 Å². The van der Waals surface area contributed by atoms with Gasteiger partial charge in [0.1, 0.15) is 11.5 Å². The van der Waals surface area contributed by atoms with Crippen LogP contribution in [-0.2, 0) is 0 Å². The number of carbonyl (C=O) groups is 1. The molecule has 1 aliphatic heterocycles. The fourth-order valence-electron chi connectivity index (χ4n) is 2.42. The summed E-state index contributed by atoms with van der Waals surface area (Å²) in [6, 6.07) is 4.50. The summed E-state index contributed by atoms with van der Waals surface area (Å²) in [6.45, 7) is 1.18. The van der Waals surface area contributed by atoms with Crippen molar-refractivity contribution in [1.29, 1.82) is 0 Å². The van der Waals surface area contributed by atoms with Gasteiger partial charge >= 0.3 is 0 Å². The number of hydrogen-bond acceptors (Lipinski definition) is 2. The van der Waals surface area contributed by atoms with Gasteiger partial charge < -0.3 is 15.6 Å². The quantitative estimate of drug-likeness (QED) is 0.841. The van der Waals surface area contributed by atoms with E-state index in [9.17, 15) is 9.18 Å². The van der Waals surface area contributed by atoms with E-state index < -0.39 is 5.82 Å². The Morgan fingerprint density at radius 3 is 2.95 bits per heavy atom. The molecule has 1 fully saturated rings. The molecule has 19 heavy (non-hydrogen) atoms. The van der Waals surface area contributed by atoms with E-state index in [4.69, 9.17) is 17.3 Å². The minimum Gasteiger partial charge on any atom is -0.348 e. The van der Waals surface area contributed by atoms with Crippen molar-refractivity contribution in [2.24, 2.45) is 5.73 Å². The first-order valence-corrected chi connectivity index (χ1v) is 6.45. The van der Waals surface area contributed by atoms with Gasteiger partial charge in [0.15, 0.2) is 0 Å². The number of carbonyl (C=O) groups excluding carboxylic acids is 1. The summed E-state index contributed by atoms with van der Waals surface area (Å²) in [5.41, 5.74) is 6.45. The van der Waals surface area contributed by atoms with Crippen LogP contribution in [0.25, 0.3) is 10.9 Å². The molecule has 4 nitrogen and oxygen atoms in total. The SMILES string of the molecule is N[C@@H]1CCN(C(=O)c2cc3cc(Cl)cc(F)c3[nH]2)C1.